The molecule has 0 aromatic carbocycles. The Morgan fingerprint density at radius 3 is 2.00 bits per heavy atom. The average Bonchev–Trinajstić information content (AvgIpc) is 2.82. The Labute approximate surface area is 225 Å². The quantitative estimate of drug-likeness (QED) is 0.0377. The summed E-state index contributed by atoms with van der Waals surface area (Å²) >= 11 is 0. The number of esters is 1. The van der Waals surface area contributed by atoms with Gasteiger partial charge in [0.25, 0.3) is 0 Å². The van der Waals surface area contributed by atoms with Crippen molar-refractivity contribution < 1.29 is 37.6 Å². The van der Waals surface area contributed by atoms with Gasteiger partial charge in [-0.15, -0.1) is 0 Å². The third-order valence-electron chi connectivity index (χ3n) is 5.54. The number of hydrogen-bond acceptors (Lipinski definition) is 6. The zero-order chi connectivity index (χ0) is 27.8. The zero-order valence-corrected chi connectivity index (χ0v) is 24.6. The molecule has 37 heavy (non-hydrogen) atoms. The molecule has 0 aliphatic rings. The maximum atomic E-state index is 11.8. The Morgan fingerprint density at radius 1 is 0.838 bits per heavy atom. The lowest BCUT2D eigenvalue weighted by Crippen LogP contribution is -2.37. The summed E-state index contributed by atoms with van der Waals surface area (Å²) in [5.74, 6) is -0.625. The van der Waals surface area contributed by atoms with Crippen LogP contribution in [0.1, 0.15) is 84.0 Å². The largest absolute Gasteiger partial charge is 0.472 e. The van der Waals surface area contributed by atoms with E-state index in [1.807, 2.05) is 33.3 Å². The first kappa shape index (κ1) is 35.7. The summed E-state index contributed by atoms with van der Waals surface area (Å²) in [4.78, 5) is 21.3. The first-order valence-corrected chi connectivity index (χ1v) is 15.3. The van der Waals surface area contributed by atoms with Gasteiger partial charge in [-0.25, -0.2) is 9.36 Å². The van der Waals surface area contributed by atoms with E-state index in [1.165, 1.54) is 76.7 Å². The summed E-state index contributed by atoms with van der Waals surface area (Å²) < 4.78 is 26.8. The van der Waals surface area contributed by atoms with Crippen LogP contribution in [0.25, 0.3) is 0 Å². The van der Waals surface area contributed by atoms with Crippen LogP contribution < -0.4 is 0 Å². The van der Waals surface area contributed by atoms with Crippen molar-refractivity contribution in [2.24, 2.45) is 0 Å². The second-order valence-electron chi connectivity index (χ2n) is 10.4. The van der Waals surface area contributed by atoms with Crippen LogP contribution in [0.15, 0.2) is 36.5 Å². The van der Waals surface area contributed by atoms with E-state index in [-0.39, 0.29) is 13.2 Å². The number of rotatable bonds is 24. The molecule has 0 aliphatic heterocycles. The minimum absolute atomic E-state index is 0.0369. The summed E-state index contributed by atoms with van der Waals surface area (Å²) in [5, 5.41) is 9.80. The van der Waals surface area contributed by atoms with Crippen molar-refractivity contribution in [3.8, 4) is 0 Å². The molecule has 0 rings (SSSR count). The number of allylic oxidation sites excluding steroid dienone is 5. The highest BCUT2D eigenvalue weighted by Gasteiger charge is 2.24. The lowest BCUT2D eigenvalue weighted by atomic mass is 10.1. The molecule has 0 aromatic heterocycles. The Balaban J connectivity index is 3.76. The molecule has 0 saturated heterocycles. The molecule has 0 aliphatic carbocycles. The second-order valence-corrected chi connectivity index (χ2v) is 11.8. The number of likely N-dealkylation sites (N-methyl/N-ethyl adjacent to an activating group) is 1. The van der Waals surface area contributed by atoms with Gasteiger partial charge in [0.1, 0.15) is 25.9 Å². The number of unbranched alkanes of at least 4 members (excludes halogenated alkanes) is 11. The number of ether oxygens (including phenoxy) is 1. The van der Waals surface area contributed by atoms with E-state index in [4.69, 9.17) is 13.8 Å². The number of hydrogen-bond donors (Lipinski definition) is 2. The van der Waals surface area contributed by atoms with Crippen LogP contribution in [-0.4, -0.2) is 74.1 Å². The molecule has 0 bridgehead atoms. The molecule has 0 heterocycles. The van der Waals surface area contributed by atoms with Crippen molar-refractivity contribution in [1.82, 2.24) is 0 Å². The van der Waals surface area contributed by atoms with E-state index in [0.29, 0.717) is 11.0 Å². The van der Waals surface area contributed by atoms with Gasteiger partial charge in [0.05, 0.1) is 27.7 Å². The molecule has 0 aromatic rings. The van der Waals surface area contributed by atoms with E-state index in [9.17, 15) is 19.4 Å². The van der Waals surface area contributed by atoms with E-state index in [0.717, 1.165) is 6.42 Å². The molecule has 0 radical (unpaired) electrons. The van der Waals surface area contributed by atoms with Crippen molar-refractivity contribution in [3.05, 3.63) is 36.5 Å². The number of carbonyl (C=O) groups excluding carboxylic acids is 1. The fourth-order valence-electron chi connectivity index (χ4n) is 3.29. The van der Waals surface area contributed by atoms with E-state index >= 15 is 0 Å². The Bertz CT molecular complexity index is 701. The predicted octanol–water partition coefficient (Wildman–Crippen LogP) is 6.10. The monoisotopic (exact) mass is 546 g/mol. The smallest absolute Gasteiger partial charge is 0.460 e. The number of phosphoric acid groups is 1. The van der Waals surface area contributed by atoms with Gasteiger partial charge < -0.3 is 19.2 Å². The van der Waals surface area contributed by atoms with Gasteiger partial charge in [-0.1, -0.05) is 102 Å². The summed E-state index contributed by atoms with van der Waals surface area (Å²) in [6.07, 6.45) is 25.0. The van der Waals surface area contributed by atoms with Gasteiger partial charge in [-0.2, -0.15) is 0 Å². The third-order valence-corrected chi connectivity index (χ3v) is 6.52. The molecule has 2 N–H and O–H groups in total. The lowest BCUT2D eigenvalue weighted by molar-refractivity contribution is -0.870. The highest BCUT2D eigenvalue weighted by atomic mass is 31.2. The maximum absolute atomic E-state index is 11.8. The van der Waals surface area contributed by atoms with Gasteiger partial charge >= 0.3 is 13.8 Å². The first-order valence-electron chi connectivity index (χ1n) is 13.8. The molecular formula is C28H53NO7P+. The van der Waals surface area contributed by atoms with Gasteiger partial charge in [-0.05, 0) is 12.8 Å². The molecule has 0 amide bonds. The second kappa shape index (κ2) is 22.7. The Kier molecular flexibility index (Phi) is 21.9. The average molecular weight is 547 g/mol. The standard InChI is InChI=1S/C28H52NO7P/c1-5-6-7-8-9-10-11-12-13-14-15-16-17-18-19-20-21-22-28(31)34-25-27(30)26-36-37(32,33)35-24-23-29(2,3)4/h17-22,27,30H,5-16,23-26H2,1-4H3/p+1/b18-17+,20-19-,22-21+/t27-/m1/s1. The number of phosphoric ester groups is 1. The van der Waals surface area contributed by atoms with Crippen molar-refractivity contribution >= 4 is 13.8 Å². The number of nitrogens with zero attached hydrogens (tertiary/aromatic N) is 1. The number of aliphatic hydroxyl groups excluding tert-OH is 1. The number of quaternary nitrogens is 1. The molecule has 0 saturated carbocycles. The zero-order valence-electron chi connectivity index (χ0n) is 23.7. The van der Waals surface area contributed by atoms with Crippen LogP contribution in [0.2, 0.25) is 0 Å². The summed E-state index contributed by atoms with van der Waals surface area (Å²) in [6.45, 7) is 1.97. The number of carbonyl (C=O) groups is 1. The molecule has 9 heteroatoms. The van der Waals surface area contributed by atoms with Gasteiger partial charge in [-0.3, -0.25) is 9.05 Å². The lowest BCUT2D eigenvalue weighted by Gasteiger charge is -2.24. The first-order chi connectivity index (χ1) is 17.6. The highest BCUT2D eigenvalue weighted by Crippen LogP contribution is 2.43. The van der Waals surface area contributed by atoms with Gasteiger partial charge in [0.15, 0.2) is 0 Å². The molecule has 1 unspecified atom stereocenters. The fourth-order valence-corrected chi connectivity index (χ4v) is 4.03. The van der Waals surface area contributed by atoms with Crippen LogP contribution in [0.4, 0.5) is 0 Å². The predicted molar refractivity (Wildman–Crippen MR) is 150 cm³/mol. The molecule has 0 fully saturated rings. The fraction of sp³-hybridized carbons (Fsp3) is 0.750. The maximum Gasteiger partial charge on any atom is 0.472 e. The summed E-state index contributed by atoms with van der Waals surface area (Å²) in [6, 6.07) is 0. The van der Waals surface area contributed by atoms with Crippen LogP contribution in [0, 0.1) is 0 Å². The topological polar surface area (TPSA) is 102 Å². The van der Waals surface area contributed by atoms with Crippen LogP contribution >= 0.6 is 7.82 Å². The highest BCUT2D eigenvalue weighted by molar-refractivity contribution is 7.47. The SMILES string of the molecule is CCCCCCCCCCCCC/C=C/C=C\C=C\C(=O)OC[C@@H](O)COP(=O)(O)OCC[N+](C)(C)C. The Hall–Kier alpha value is -1.28. The molecule has 0 spiro atoms. The Morgan fingerprint density at radius 2 is 1.41 bits per heavy atom. The van der Waals surface area contributed by atoms with Crippen molar-refractivity contribution in [2.75, 3.05) is 47.5 Å². The van der Waals surface area contributed by atoms with E-state index in [1.54, 1.807) is 12.2 Å². The summed E-state index contributed by atoms with van der Waals surface area (Å²) in [7, 11) is 1.50. The van der Waals surface area contributed by atoms with Crippen molar-refractivity contribution in [3.63, 3.8) is 0 Å². The normalized spacial score (nSPS) is 15.1. The third kappa shape index (κ3) is 27.6. The minimum atomic E-state index is -4.27. The molecular weight excluding hydrogens is 493 g/mol. The van der Waals surface area contributed by atoms with Crippen molar-refractivity contribution in [2.45, 2.75) is 90.1 Å². The molecule has 8 nitrogen and oxygen atoms in total. The minimum Gasteiger partial charge on any atom is -0.460 e. The summed E-state index contributed by atoms with van der Waals surface area (Å²) in [5.41, 5.74) is 0. The number of aliphatic hydroxyl groups is 1. The molecule has 2 atom stereocenters. The van der Waals surface area contributed by atoms with Gasteiger partial charge in [0.2, 0.25) is 0 Å². The van der Waals surface area contributed by atoms with E-state index in [2.05, 4.69) is 13.0 Å². The van der Waals surface area contributed by atoms with Gasteiger partial charge in [0, 0.05) is 6.08 Å². The van der Waals surface area contributed by atoms with E-state index < -0.39 is 26.5 Å². The van der Waals surface area contributed by atoms with Crippen molar-refractivity contribution in [1.29, 1.82) is 0 Å². The molecule has 216 valence electrons. The van der Waals surface area contributed by atoms with Crippen LogP contribution in [0.3, 0.4) is 0 Å². The van der Waals surface area contributed by atoms with Crippen LogP contribution in [-0.2, 0) is 23.1 Å². The van der Waals surface area contributed by atoms with Crippen LogP contribution in [0.5, 0.6) is 0 Å².